The Labute approximate surface area is 158 Å². The normalized spacial score (nSPS) is 23.8. The van der Waals surface area contributed by atoms with Crippen molar-refractivity contribution in [1.82, 2.24) is 15.1 Å². The number of carbonyl (C=O) groups excluding carboxylic acids is 3. The van der Waals surface area contributed by atoms with Gasteiger partial charge < -0.3 is 10.2 Å². The lowest BCUT2D eigenvalue weighted by Crippen LogP contribution is -2.45. The number of imide groups is 1. The van der Waals surface area contributed by atoms with Crippen molar-refractivity contribution >= 4 is 29.4 Å². The van der Waals surface area contributed by atoms with E-state index in [2.05, 4.69) is 5.32 Å². The lowest BCUT2D eigenvalue weighted by Gasteiger charge is -2.26. The number of nitrogens with zero attached hydrogens (tertiary/aromatic N) is 2. The summed E-state index contributed by atoms with van der Waals surface area (Å²) in [4.78, 5) is 41.0. The second kappa shape index (κ2) is 7.66. The van der Waals surface area contributed by atoms with Crippen LogP contribution in [0.1, 0.15) is 44.6 Å². The third-order valence-electron chi connectivity index (χ3n) is 5.30. The van der Waals surface area contributed by atoms with Gasteiger partial charge in [0.25, 0.3) is 5.91 Å². The van der Waals surface area contributed by atoms with Gasteiger partial charge in [-0.1, -0.05) is 43.5 Å². The van der Waals surface area contributed by atoms with Crippen LogP contribution in [-0.2, 0) is 15.1 Å². The Morgan fingerprint density at radius 2 is 1.73 bits per heavy atom. The van der Waals surface area contributed by atoms with Gasteiger partial charge in [-0.3, -0.25) is 14.5 Å². The molecule has 1 N–H and O–H groups in total. The minimum Gasteiger partial charge on any atom is -0.341 e. The molecule has 1 atom stereocenters. The summed E-state index contributed by atoms with van der Waals surface area (Å²) >= 11 is 5.94. The van der Waals surface area contributed by atoms with E-state index >= 15 is 0 Å². The first kappa shape index (κ1) is 18.7. The van der Waals surface area contributed by atoms with Gasteiger partial charge in [0.15, 0.2) is 0 Å². The first-order valence-corrected chi connectivity index (χ1v) is 9.53. The fourth-order valence-electron chi connectivity index (χ4n) is 3.70. The molecule has 2 heterocycles. The van der Waals surface area contributed by atoms with Gasteiger partial charge in [-0.15, -0.1) is 0 Å². The smallest absolute Gasteiger partial charge is 0.325 e. The number of benzene rings is 1. The van der Waals surface area contributed by atoms with E-state index in [1.807, 2.05) is 6.92 Å². The molecule has 0 aliphatic carbocycles. The van der Waals surface area contributed by atoms with Crippen LogP contribution in [0.2, 0.25) is 5.02 Å². The minimum atomic E-state index is -1.14. The van der Waals surface area contributed by atoms with E-state index < -0.39 is 11.6 Å². The fourth-order valence-corrected chi connectivity index (χ4v) is 3.82. The van der Waals surface area contributed by atoms with Crippen molar-refractivity contribution in [2.75, 3.05) is 19.6 Å². The van der Waals surface area contributed by atoms with E-state index in [-0.39, 0.29) is 18.4 Å². The SMILES string of the molecule is CCC1(c2ccc(Cl)cc2)NC(=O)N(CC(=O)N2CCCCCC2)C1=O. The Kier molecular flexibility index (Phi) is 5.51. The number of carbonyl (C=O) groups is 3. The highest BCUT2D eigenvalue weighted by atomic mass is 35.5. The fraction of sp³-hybridized carbons (Fsp3) is 0.526. The molecule has 2 saturated heterocycles. The van der Waals surface area contributed by atoms with Gasteiger partial charge in [-0.25, -0.2) is 4.79 Å². The zero-order valence-corrected chi connectivity index (χ0v) is 15.7. The highest BCUT2D eigenvalue weighted by Crippen LogP contribution is 2.33. The first-order chi connectivity index (χ1) is 12.5. The van der Waals surface area contributed by atoms with Crippen molar-refractivity contribution in [3.05, 3.63) is 34.9 Å². The van der Waals surface area contributed by atoms with E-state index in [1.165, 1.54) is 0 Å². The van der Waals surface area contributed by atoms with E-state index in [4.69, 9.17) is 11.6 Å². The molecular formula is C19H24ClN3O3. The van der Waals surface area contributed by atoms with Crippen molar-refractivity contribution in [2.45, 2.75) is 44.6 Å². The first-order valence-electron chi connectivity index (χ1n) is 9.16. The van der Waals surface area contributed by atoms with Gasteiger partial charge in [0, 0.05) is 18.1 Å². The molecule has 2 fully saturated rings. The van der Waals surface area contributed by atoms with E-state index in [9.17, 15) is 14.4 Å². The summed E-state index contributed by atoms with van der Waals surface area (Å²) in [7, 11) is 0. The molecule has 1 aromatic carbocycles. The van der Waals surface area contributed by atoms with Gasteiger partial charge in [0.2, 0.25) is 5.91 Å². The number of amides is 4. The standard InChI is InChI=1S/C19H24ClN3O3/c1-2-19(14-7-9-15(20)10-8-14)17(25)23(18(26)21-19)13-16(24)22-11-5-3-4-6-12-22/h7-10H,2-6,11-13H2,1H3,(H,21,26). The highest BCUT2D eigenvalue weighted by Gasteiger charge is 2.51. The van der Waals surface area contributed by atoms with Crippen LogP contribution >= 0.6 is 11.6 Å². The van der Waals surface area contributed by atoms with Crippen molar-refractivity contribution in [3.63, 3.8) is 0 Å². The summed E-state index contributed by atoms with van der Waals surface area (Å²) in [5.74, 6) is -0.547. The van der Waals surface area contributed by atoms with Crippen molar-refractivity contribution < 1.29 is 14.4 Å². The number of hydrogen-bond acceptors (Lipinski definition) is 3. The molecular weight excluding hydrogens is 354 g/mol. The molecule has 7 heteroatoms. The van der Waals surface area contributed by atoms with Gasteiger partial charge in [-0.2, -0.15) is 0 Å². The second-order valence-electron chi connectivity index (χ2n) is 6.88. The topological polar surface area (TPSA) is 69.7 Å². The molecule has 1 unspecified atom stereocenters. The largest absolute Gasteiger partial charge is 0.341 e. The molecule has 140 valence electrons. The lowest BCUT2D eigenvalue weighted by molar-refractivity contribution is -0.139. The molecule has 1 aromatic rings. The number of hydrogen-bond donors (Lipinski definition) is 1. The monoisotopic (exact) mass is 377 g/mol. The summed E-state index contributed by atoms with van der Waals surface area (Å²) in [6, 6.07) is 6.35. The number of nitrogens with one attached hydrogen (secondary N) is 1. The average Bonchev–Trinajstić information content (AvgIpc) is 2.83. The Morgan fingerprint density at radius 3 is 2.31 bits per heavy atom. The Bertz CT molecular complexity index is 698. The molecule has 0 spiro atoms. The van der Waals surface area contributed by atoms with E-state index in [1.54, 1.807) is 29.2 Å². The molecule has 2 aliphatic rings. The van der Waals surface area contributed by atoms with Gasteiger partial charge in [0.05, 0.1) is 0 Å². The van der Waals surface area contributed by atoms with Gasteiger partial charge >= 0.3 is 6.03 Å². The molecule has 26 heavy (non-hydrogen) atoms. The molecule has 0 bridgehead atoms. The van der Waals surface area contributed by atoms with E-state index in [0.29, 0.717) is 30.1 Å². The van der Waals surface area contributed by atoms with Crippen molar-refractivity contribution in [3.8, 4) is 0 Å². The summed E-state index contributed by atoms with van der Waals surface area (Å²) < 4.78 is 0. The van der Waals surface area contributed by atoms with Crippen molar-refractivity contribution in [1.29, 1.82) is 0 Å². The molecule has 0 radical (unpaired) electrons. The number of rotatable bonds is 4. The zero-order valence-electron chi connectivity index (χ0n) is 15.0. The third-order valence-corrected chi connectivity index (χ3v) is 5.55. The van der Waals surface area contributed by atoms with Crippen LogP contribution in [0, 0.1) is 0 Å². The highest BCUT2D eigenvalue weighted by molar-refractivity contribution is 6.30. The van der Waals surface area contributed by atoms with Gasteiger partial charge in [-0.05, 0) is 37.0 Å². The predicted molar refractivity (Wildman–Crippen MR) is 98.7 cm³/mol. The molecule has 0 saturated carbocycles. The number of likely N-dealkylation sites (tertiary alicyclic amines) is 1. The maximum absolute atomic E-state index is 13.1. The van der Waals surface area contributed by atoms with Crippen LogP contribution in [-0.4, -0.2) is 47.3 Å². The van der Waals surface area contributed by atoms with Crippen molar-refractivity contribution in [2.24, 2.45) is 0 Å². The maximum Gasteiger partial charge on any atom is 0.325 e. The van der Waals surface area contributed by atoms with Gasteiger partial charge in [0.1, 0.15) is 12.1 Å². The maximum atomic E-state index is 13.1. The Balaban J connectivity index is 1.79. The number of halogens is 1. The summed E-state index contributed by atoms with van der Waals surface area (Å²) in [5.41, 5.74) is -0.465. The predicted octanol–water partition coefficient (Wildman–Crippen LogP) is 2.90. The molecule has 0 aromatic heterocycles. The molecule has 4 amide bonds. The van der Waals surface area contributed by atoms with Crippen LogP contribution in [0.3, 0.4) is 0 Å². The summed E-state index contributed by atoms with van der Waals surface area (Å²) in [5, 5.41) is 3.36. The second-order valence-corrected chi connectivity index (χ2v) is 7.32. The van der Waals surface area contributed by atoms with Crippen LogP contribution in [0.4, 0.5) is 4.79 Å². The summed E-state index contributed by atoms with van der Waals surface area (Å²) in [6.45, 7) is 3.02. The minimum absolute atomic E-state index is 0.168. The molecule has 2 aliphatic heterocycles. The average molecular weight is 378 g/mol. The van der Waals surface area contributed by atoms with Crippen LogP contribution in [0.15, 0.2) is 24.3 Å². The quantitative estimate of drug-likeness (QED) is 0.820. The third kappa shape index (κ3) is 3.43. The lowest BCUT2D eigenvalue weighted by atomic mass is 9.87. The zero-order chi connectivity index (χ0) is 18.7. The van der Waals surface area contributed by atoms with E-state index in [0.717, 1.165) is 30.6 Å². The summed E-state index contributed by atoms with van der Waals surface area (Å²) in [6.07, 6.45) is 4.56. The Morgan fingerprint density at radius 1 is 1.12 bits per heavy atom. The number of urea groups is 1. The van der Waals surface area contributed by atoms with Crippen LogP contribution in [0.5, 0.6) is 0 Å². The molecule has 3 rings (SSSR count). The molecule has 6 nitrogen and oxygen atoms in total. The van der Waals surface area contributed by atoms with Crippen LogP contribution < -0.4 is 5.32 Å². The Hall–Kier alpha value is -2.08. The van der Waals surface area contributed by atoms with Crippen LogP contribution in [0.25, 0.3) is 0 Å².